The zero-order valence-corrected chi connectivity index (χ0v) is 7.79. The number of fused-ring (bicyclic) bond motifs is 2. The van der Waals surface area contributed by atoms with E-state index >= 15 is 0 Å². The Morgan fingerprint density at radius 3 is 2.83 bits per heavy atom. The lowest BCUT2D eigenvalue weighted by Gasteiger charge is -2.33. The van der Waals surface area contributed by atoms with E-state index in [0.717, 1.165) is 6.42 Å². The highest BCUT2D eigenvalue weighted by Gasteiger charge is 2.51. The molecule has 1 saturated carbocycles. The monoisotopic (exact) mass is 164 g/mol. The number of carbonyl (C=O) groups excluding carboxylic acids is 1. The third-order valence-electron chi connectivity index (χ3n) is 3.93. The van der Waals surface area contributed by atoms with Gasteiger partial charge < -0.3 is 4.79 Å². The van der Waals surface area contributed by atoms with Crippen LogP contribution in [0.5, 0.6) is 0 Å². The fraction of sp³-hybridized carbons (Fsp3) is 0.727. The van der Waals surface area contributed by atoms with Crippen LogP contribution in [-0.4, -0.2) is 6.29 Å². The van der Waals surface area contributed by atoms with Crippen LogP contribution < -0.4 is 0 Å². The van der Waals surface area contributed by atoms with E-state index in [-0.39, 0.29) is 5.41 Å². The van der Waals surface area contributed by atoms with Gasteiger partial charge in [-0.3, -0.25) is 0 Å². The average Bonchev–Trinajstić information content (AvgIpc) is 2.63. The highest BCUT2D eigenvalue weighted by molar-refractivity contribution is 5.62. The van der Waals surface area contributed by atoms with Crippen LogP contribution in [0.2, 0.25) is 0 Å². The van der Waals surface area contributed by atoms with Crippen LogP contribution in [0.3, 0.4) is 0 Å². The lowest BCUT2D eigenvalue weighted by molar-refractivity contribution is -0.119. The van der Waals surface area contributed by atoms with Gasteiger partial charge in [0.25, 0.3) is 0 Å². The van der Waals surface area contributed by atoms with Gasteiger partial charge >= 0.3 is 0 Å². The molecule has 0 N–H and O–H groups in total. The first-order valence-electron chi connectivity index (χ1n) is 4.87. The average molecular weight is 164 g/mol. The molecule has 0 heterocycles. The molecule has 0 amide bonds. The van der Waals surface area contributed by atoms with Crippen LogP contribution in [0.15, 0.2) is 12.2 Å². The lowest BCUT2D eigenvalue weighted by atomic mass is 9.70. The molecule has 0 spiro atoms. The van der Waals surface area contributed by atoms with Crippen molar-refractivity contribution in [3.05, 3.63) is 12.2 Å². The lowest BCUT2D eigenvalue weighted by Crippen LogP contribution is -2.32. The van der Waals surface area contributed by atoms with Gasteiger partial charge in [-0.1, -0.05) is 32.4 Å². The van der Waals surface area contributed by atoms with Crippen molar-refractivity contribution in [2.75, 3.05) is 0 Å². The van der Waals surface area contributed by atoms with Crippen molar-refractivity contribution in [3.63, 3.8) is 0 Å². The van der Waals surface area contributed by atoms with Crippen molar-refractivity contribution in [3.8, 4) is 0 Å². The summed E-state index contributed by atoms with van der Waals surface area (Å²) in [7, 11) is 0. The predicted molar refractivity (Wildman–Crippen MR) is 48.7 cm³/mol. The second-order valence-electron chi connectivity index (χ2n) is 4.39. The molecule has 1 nitrogen and oxygen atoms in total. The Hall–Kier alpha value is -0.590. The molecule has 0 aliphatic heterocycles. The van der Waals surface area contributed by atoms with Crippen LogP contribution in [0.1, 0.15) is 26.7 Å². The van der Waals surface area contributed by atoms with E-state index in [1.165, 1.54) is 12.7 Å². The molecule has 2 rings (SSSR count). The molecule has 1 unspecified atom stereocenters. The first-order valence-corrected chi connectivity index (χ1v) is 4.87. The summed E-state index contributed by atoms with van der Waals surface area (Å²) in [6.45, 7) is 4.32. The van der Waals surface area contributed by atoms with E-state index in [1.54, 1.807) is 0 Å². The third kappa shape index (κ3) is 0.769. The summed E-state index contributed by atoms with van der Waals surface area (Å²) in [5, 5.41) is 0. The van der Waals surface area contributed by atoms with Crippen molar-refractivity contribution in [2.45, 2.75) is 26.7 Å². The smallest absolute Gasteiger partial charge is 0.126 e. The number of aldehydes is 1. The van der Waals surface area contributed by atoms with E-state index in [0.29, 0.717) is 17.8 Å². The van der Waals surface area contributed by atoms with Crippen molar-refractivity contribution in [2.24, 2.45) is 23.2 Å². The molecular weight excluding hydrogens is 148 g/mol. The highest BCUT2D eigenvalue weighted by Crippen LogP contribution is 2.55. The van der Waals surface area contributed by atoms with Gasteiger partial charge in [-0.15, -0.1) is 0 Å². The van der Waals surface area contributed by atoms with Crippen LogP contribution >= 0.6 is 0 Å². The third-order valence-corrected chi connectivity index (χ3v) is 3.93. The van der Waals surface area contributed by atoms with Gasteiger partial charge in [0.2, 0.25) is 0 Å². The van der Waals surface area contributed by atoms with Crippen LogP contribution in [-0.2, 0) is 4.79 Å². The topological polar surface area (TPSA) is 17.1 Å². The van der Waals surface area contributed by atoms with E-state index < -0.39 is 0 Å². The molecule has 2 bridgehead atoms. The molecule has 2 aliphatic rings. The van der Waals surface area contributed by atoms with E-state index in [4.69, 9.17) is 0 Å². The molecule has 1 heteroatoms. The number of hydrogen-bond acceptors (Lipinski definition) is 1. The largest absolute Gasteiger partial charge is 0.303 e. The summed E-state index contributed by atoms with van der Waals surface area (Å²) in [4.78, 5) is 11.1. The van der Waals surface area contributed by atoms with Gasteiger partial charge in [-0.05, 0) is 24.2 Å². The van der Waals surface area contributed by atoms with Crippen molar-refractivity contribution < 1.29 is 4.79 Å². The predicted octanol–water partition coefficient (Wildman–Crippen LogP) is 2.42. The summed E-state index contributed by atoms with van der Waals surface area (Å²) in [6, 6.07) is 0. The van der Waals surface area contributed by atoms with Crippen molar-refractivity contribution >= 4 is 6.29 Å². The number of allylic oxidation sites excluding steroid dienone is 2. The molecule has 0 aromatic carbocycles. The standard InChI is InChI=1S/C11H16O/c1-3-10-8-4-5-9(6-8)11(10,2)7-12/h4-5,7-10H,3,6H2,1-2H3/t8-,9+,10?,11-/m1/s1. The number of rotatable bonds is 2. The molecule has 0 aromatic rings. The van der Waals surface area contributed by atoms with Gasteiger partial charge in [-0.2, -0.15) is 0 Å². The quantitative estimate of drug-likeness (QED) is 0.452. The van der Waals surface area contributed by atoms with Gasteiger partial charge in [0.1, 0.15) is 6.29 Å². The molecule has 66 valence electrons. The van der Waals surface area contributed by atoms with Gasteiger partial charge in [-0.25, -0.2) is 0 Å². The molecule has 0 radical (unpaired) electrons. The Balaban J connectivity index is 2.34. The zero-order valence-electron chi connectivity index (χ0n) is 7.79. The summed E-state index contributed by atoms with van der Waals surface area (Å²) >= 11 is 0. The van der Waals surface area contributed by atoms with Crippen molar-refractivity contribution in [1.82, 2.24) is 0 Å². The summed E-state index contributed by atoms with van der Waals surface area (Å²) in [5.74, 6) is 1.82. The number of hydrogen-bond donors (Lipinski definition) is 0. The molecule has 12 heavy (non-hydrogen) atoms. The Morgan fingerprint density at radius 2 is 2.33 bits per heavy atom. The number of carbonyl (C=O) groups is 1. The SMILES string of the molecule is CCC1[C@@H]2C=C[C@@H](C2)[C@@]1(C)C=O. The van der Waals surface area contributed by atoms with Gasteiger partial charge in [0, 0.05) is 5.41 Å². The fourth-order valence-corrected chi connectivity index (χ4v) is 3.14. The molecule has 0 aromatic heterocycles. The Kier molecular flexibility index (Phi) is 1.64. The first kappa shape index (κ1) is 8.03. The summed E-state index contributed by atoms with van der Waals surface area (Å²) in [5.41, 5.74) is -0.0475. The van der Waals surface area contributed by atoms with E-state index in [2.05, 4.69) is 26.0 Å². The van der Waals surface area contributed by atoms with E-state index in [1.807, 2.05) is 0 Å². The summed E-state index contributed by atoms with van der Waals surface area (Å²) in [6.07, 6.45) is 8.10. The maximum Gasteiger partial charge on any atom is 0.126 e. The minimum atomic E-state index is -0.0475. The first-order chi connectivity index (χ1) is 5.72. The second kappa shape index (κ2) is 2.45. The summed E-state index contributed by atoms with van der Waals surface area (Å²) < 4.78 is 0. The fourth-order valence-electron chi connectivity index (χ4n) is 3.14. The van der Waals surface area contributed by atoms with Crippen molar-refractivity contribution in [1.29, 1.82) is 0 Å². The normalized spacial score (nSPS) is 50.0. The maximum atomic E-state index is 11.1. The molecular formula is C11H16O. The minimum Gasteiger partial charge on any atom is -0.303 e. The Labute approximate surface area is 73.8 Å². The highest BCUT2D eigenvalue weighted by atomic mass is 16.1. The molecule has 4 atom stereocenters. The molecule has 0 saturated heterocycles. The van der Waals surface area contributed by atoms with E-state index in [9.17, 15) is 4.79 Å². The second-order valence-corrected chi connectivity index (χ2v) is 4.39. The maximum absolute atomic E-state index is 11.1. The Bertz CT molecular complexity index is 231. The van der Waals surface area contributed by atoms with Crippen LogP contribution in [0.4, 0.5) is 0 Å². The van der Waals surface area contributed by atoms with Crippen LogP contribution in [0, 0.1) is 23.2 Å². The molecule has 1 fully saturated rings. The van der Waals surface area contributed by atoms with Gasteiger partial charge in [0.15, 0.2) is 0 Å². The molecule has 2 aliphatic carbocycles. The minimum absolute atomic E-state index is 0.0475. The van der Waals surface area contributed by atoms with Crippen LogP contribution in [0.25, 0.3) is 0 Å². The Morgan fingerprint density at radius 1 is 1.58 bits per heavy atom. The zero-order chi connectivity index (χ0) is 8.77. The van der Waals surface area contributed by atoms with Gasteiger partial charge in [0.05, 0.1) is 0 Å².